The Labute approximate surface area is 113 Å². The highest BCUT2D eigenvalue weighted by Crippen LogP contribution is 2.23. The van der Waals surface area contributed by atoms with Crippen LogP contribution in [0.5, 0.6) is 0 Å². The molecule has 1 aromatic carbocycles. The fraction of sp³-hybridized carbons (Fsp3) is 0.467. The van der Waals surface area contributed by atoms with Gasteiger partial charge in [-0.3, -0.25) is 14.5 Å². The molecule has 0 radical (unpaired) electrons. The number of rotatable bonds is 4. The minimum atomic E-state index is -0.988. The molecule has 2 rings (SSSR count). The van der Waals surface area contributed by atoms with Crippen LogP contribution in [0.25, 0.3) is 0 Å². The van der Waals surface area contributed by atoms with E-state index in [4.69, 9.17) is 0 Å². The van der Waals surface area contributed by atoms with Gasteiger partial charge in [-0.05, 0) is 24.5 Å². The summed E-state index contributed by atoms with van der Waals surface area (Å²) in [7, 11) is 0. The van der Waals surface area contributed by atoms with Crippen molar-refractivity contribution in [1.29, 1.82) is 0 Å². The third kappa shape index (κ3) is 2.54. The molecule has 1 N–H and O–H groups in total. The summed E-state index contributed by atoms with van der Waals surface area (Å²) in [5.74, 6) is -0.531. The second-order valence-corrected chi connectivity index (χ2v) is 5.05. The van der Waals surface area contributed by atoms with Crippen molar-refractivity contribution < 1.29 is 14.7 Å². The first-order valence-electron chi connectivity index (χ1n) is 6.65. The zero-order valence-electron chi connectivity index (χ0n) is 11.3. The van der Waals surface area contributed by atoms with Gasteiger partial charge in [0.25, 0.3) is 5.91 Å². The molecule has 102 valence electrons. The third-order valence-corrected chi connectivity index (χ3v) is 3.90. The SMILES string of the molecule is CCC(O)(CC)CN1C(=O)Cc2ccccc2C1=O. The number of nitrogens with zero attached hydrogens (tertiary/aromatic N) is 1. The van der Waals surface area contributed by atoms with Crippen molar-refractivity contribution in [2.24, 2.45) is 0 Å². The zero-order chi connectivity index (χ0) is 14.0. The maximum atomic E-state index is 12.3. The van der Waals surface area contributed by atoms with Gasteiger partial charge >= 0.3 is 0 Å². The van der Waals surface area contributed by atoms with Crippen LogP contribution in [0.3, 0.4) is 0 Å². The van der Waals surface area contributed by atoms with Gasteiger partial charge in [0.05, 0.1) is 18.6 Å². The smallest absolute Gasteiger partial charge is 0.260 e. The van der Waals surface area contributed by atoms with Gasteiger partial charge in [0.2, 0.25) is 5.91 Å². The molecule has 0 fully saturated rings. The fourth-order valence-electron chi connectivity index (χ4n) is 2.33. The molecule has 0 aromatic heterocycles. The number of β-amino-alcohol motifs (C(OH)–C–C–N with tert-alkyl or cyclic N) is 1. The van der Waals surface area contributed by atoms with Crippen LogP contribution in [0.15, 0.2) is 24.3 Å². The molecule has 0 aliphatic carbocycles. The van der Waals surface area contributed by atoms with Gasteiger partial charge in [-0.1, -0.05) is 32.0 Å². The maximum absolute atomic E-state index is 12.3. The largest absolute Gasteiger partial charge is 0.388 e. The van der Waals surface area contributed by atoms with Crippen molar-refractivity contribution in [2.75, 3.05) is 6.54 Å². The Bertz CT molecular complexity index is 506. The molecule has 0 saturated carbocycles. The normalized spacial score (nSPS) is 15.6. The average molecular weight is 261 g/mol. The van der Waals surface area contributed by atoms with Crippen LogP contribution >= 0.6 is 0 Å². The highest BCUT2D eigenvalue weighted by atomic mass is 16.3. The first-order valence-corrected chi connectivity index (χ1v) is 6.65. The molecule has 0 saturated heterocycles. The summed E-state index contributed by atoms with van der Waals surface area (Å²) in [6, 6.07) is 7.14. The predicted octanol–water partition coefficient (Wildman–Crippen LogP) is 1.76. The van der Waals surface area contributed by atoms with Crippen molar-refractivity contribution in [3.63, 3.8) is 0 Å². The van der Waals surface area contributed by atoms with E-state index in [-0.39, 0.29) is 24.8 Å². The van der Waals surface area contributed by atoms with Crippen LogP contribution in [0, 0.1) is 0 Å². The van der Waals surface area contributed by atoms with E-state index in [9.17, 15) is 14.7 Å². The maximum Gasteiger partial charge on any atom is 0.260 e. The molecule has 0 unspecified atom stereocenters. The Morgan fingerprint density at radius 3 is 2.47 bits per heavy atom. The molecule has 0 spiro atoms. The van der Waals surface area contributed by atoms with Gasteiger partial charge in [0.1, 0.15) is 0 Å². The topological polar surface area (TPSA) is 57.6 Å². The Hall–Kier alpha value is -1.68. The van der Waals surface area contributed by atoms with Crippen LogP contribution in [0.4, 0.5) is 0 Å². The molecule has 0 bridgehead atoms. The van der Waals surface area contributed by atoms with Crippen molar-refractivity contribution >= 4 is 11.8 Å². The molecule has 2 amide bonds. The molecule has 1 aliphatic rings. The van der Waals surface area contributed by atoms with Crippen LogP contribution in [-0.2, 0) is 11.2 Å². The van der Waals surface area contributed by atoms with Gasteiger partial charge in [-0.25, -0.2) is 0 Å². The summed E-state index contributed by atoms with van der Waals surface area (Å²) in [6.07, 6.45) is 1.26. The van der Waals surface area contributed by atoms with Crippen molar-refractivity contribution in [2.45, 2.75) is 38.7 Å². The van der Waals surface area contributed by atoms with E-state index < -0.39 is 5.60 Å². The average Bonchev–Trinajstić information content (AvgIpc) is 2.43. The minimum absolute atomic E-state index is 0.0754. The summed E-state index contributed by atoms with van der Waals surface area (Å²) in [5, 5.41) is 10.3. The fourth-order valence-corrected chi connectivity index (χ4v) is 2.33. The van der Waals surface area contributed by atoms with Gasteiger partial charge < -0.3 is 5.11 Å². The standard InChI is InChI=1S/C15H19NO3/c1-3-15(19,4-2)10-16-13(17)9-11-7-5-6-8-12(11)14(16)18/h5-8,19H,3-4,9-10H2,1-2H3. The number of carbonyl (C=O) groups excluding carboxylic acids is 2. The number of hydrogen-bond donors (Lipinski definition) is 1. The van der Waals surface area contributed by atoms with E-state index in [1.54, 1.807) is 18.2 Å². The molecule has 19 heavy (non-hydrogen) atoms. The number of aliphatic hydroxyl groups is 1. The van der Waals surface area contributed by atoms with Crippen molar-refractivity contribution in [1.82, 2.24) is 4.90 Å². The summed E-state index contributed by atoms with van der Waals surface area (Å²) in [6.45, 7) is 3.79. The minimum Gasteiger partial charge on any atom is -0.388 e. The summed E-state index contributed by atoms with van der Waals surface area (Å²) < 4.78 is 0. The second-order valence-electron chi connectivity index (χ2n) is 5.05. The number of amides is 2. The molecule has 4 heteroatoms. The van der Waals surface area contributed by atoms with Gasteiger partial charge in [-0.2, -0.15) is 0 Å². The monoisotopic (exact) mass is 261 g/mol. The van der Waals surface area contributed by atoms with Gasteiger partial charge in [0.15, 0.2) is 0 Å². The molecule has 1 aromatic rings. The Kier molecular flexibility index (Phi) is 3.71. The van der Waals surface area contributed by atoms with E-state index in [0.717, 1.165) is 5.56 Å². The van der Waals surface area contributed by atoms with Crippen LogP contribution in [-0.4, -0.2) is 34.0 Å². The third-order valence-electron chi connectivity index (χ3n) is 3.90. The van der Waals surface area contributed by atoms with E-state index in [2.05, 4.69) is 0 Å². The first-order chi connectivity index (χ1) is 9.00. The zero-order valence-corrected chi connectivity index (χ0v) is 11.3. The van der Waals surface area contributed by atoms with Gasteiger partial charge in [-0.15, -0.1) is 0 Å². The summed E-state index contributed by atoms with van der Waals surface area (Å²) in [5.41, 5.74) is 0.347. The number of hydrogen-bond acceptors (Lipinski definition) is 3. The molecular weight excluding hydrogens is 242 g/mol. The predicted molar refractivity (Wildman–Crippen MR) is 71.7 cm³/mol. The lowest BCUT2D eigenvalue weighted by Crippen LogP contribution is -2.50. The highest BCUT2D eigenvalue weighted by molar-refractivity contribution is 6.09. The quantitative estimate of drug-likeness (QED) is 0.840. The molecule has 0 atom stereocenters. The lowest BCUT2D eigenvalue weighted by atomic mass is 9.93. The van der Waals surface area contributed by atoms with Gasteiger partial charge in [0, 0.05) is 5.56 Å². The van der Waals surface area contributed by atoms with E-state index >= 15 is 0 Å². The van der Waals surface area contributed by atoms with Crippen molar-refractivity contribution in [3.05, 3.63) is 35.4 Å². The molecular formula is C15H19NO3. The van der Waals surface area contributed by atoms with E-state index in [1.165, 1.54) is 4.90 Å². The van der Waals surface area contributed by atoms with E-state index in [0.29, 0.717) is 18.4 Å². The van der Waals surface area contributed by atoms with Crippen LogP contribution < -0.4 is 0 Å². The molecule has 1 aliphatic heterocycles. The second kappa shape index (κ2) is 5.13. The lowest BCUT2D eigenvalue weighted by Gasteiger charge is -2.34. The Balaban J connectivity index is 2.29. The molecule has 4 nitrogen and oxygen atoms in total. The number of carbonyl (C=O) groups is 2. The van der Waals surface area contributed by atoms with Crippen molar-refractivity contribution in [3.8, 4) is 0 Å². The highest BCUT2D eigenvalue weighted by Gasteiger charge is 2.36. The lowest BCUT2D eigenvalue weighted by molar-refractivity contribution is -0.131. The summed E-state index contributed by atoms with van der Waals surface area (Å²) >= 11 is 0. The Morgan fingerprint density at radius 1 is 1.21 bits per heavy atom. The molecule has 1 heterocycles. The van der Waals surface area contributed by atoms with E-state index in [1.807, 2.05) is 19.9 Å². The van der Waals surface area contributed by atoms with Crippen LogP contribution in [0.2, 0.25) is 0 Å². The van der Waals surface area contributed by atoms with Crippen LogP contribution in [0.1, 0.15) is 42.6 Å². The first kappa shape index (κ1) is 13.7. The summed E-state index contributed by atoms with van der Waals surface area (Å²) in [4.78, 5) is 25.6. The Morgan fingerprint density at radius 2 is 1.84 bits per heavy atom. The number of fused-ring (bicyclic) bond motifs is 1. The number of imide groups is 1. The number of benzene rings is 1.